The lowest BCUT2D eigenvalue weighted by molar-refractivity contribution is 0.830. The van der Waals surface area contributed by atoms with E-state index >= 15 is 0 Å². The number of benzene rings is 1. The Hall–Kier alpha value is -0.350. The average molecular weight is 288 g/mol. The van der Waals surface area contributed by atoms with Crippen molar-refractivity contribution in [2.24, 2.45) is 0 Å². The first kappa shape index (κ1) is 14.6. The fourth-order valence-electron chi connectivity index (χ4n) is 4.27. The molecule has 3 rings (SSSR count). The Bertz CT molecular complexity index is 409. The van der Waals surface area contributed by atoms with E-state index in [9.17, 15) is 0 Å². The van der Waals surface area contributed by atoms with E-state index in [1.807, 2.05) is 0 Å². The molecular formula is C19H29P. The van der Waals surface area contributed by atoms with Crippen molar-refractivity contribution < 1.29 is 0 Å². The molecule has 0 spiro atoms. The summed E-state index contributed by atoms with van der Waals surface area (Å²) in [5.41, 5.74) is 3.72. The van der Waals surface area contributed by atoms with Gasteiger partial charge in [0.25, 0.3) is 0 Å². The first-order valence-corrected chi connectivity index (χ1v) is 10.1. The van der Waals surface area contributed by atoms with Crippen LogP contribution in [-0.4, -0.2) is 11.3 Å². The van der Waals surface area contributed by atoms with Crippen molar-refractivity contribution >= 4 is 13.2 Å². The fourth-order valence-corrected chi connectivity index (χ4v) is 8.38. The van der Waals surface area contributed by atoms with Gasteiger partial charge in [0.15, 0.2) is 0 Å². The van der Waals surface area contributed by atoms with Gasteiger partial charge < -0.3 is 0 Å². The molecule has 0 bridgehead atoms. The molecule has 0 unspecified atom stereocenters. The summed E-state index contributed by atoms with van der Waals surface area (Å²) in [6.07, 6.45) is 12.0. The van der Waals surface area contributed by atoms with Crippen LogP contribution in [0.3, 0.4) is 0 Å². The van der Waals surface area contributed by atoms with Gasteiger partial charge in [-0.15, -0.1) is 0 Å². The number of hydrogen-bond donors (Lipinski definition) is 0. The van der Waals surface area contributed by atoms with Gasteiger partial charge in [-0.05, 0) is 53.8 Å². The summed E-state index contributed by atoms with van der Waals surface area (Å²) in [4.78, 5) is 0. The van der Waals surface area contributed by atoms with Gasteiger partial charge in [-0.1, -0.05) is 71.7 Å². The Balaban J connectivity index is 1.95. The molecule has 0 aliphatic heterocycles. The average Bonchev–Trinajstić information content (AvgIpc) is 3.13. The molecule has 1 aromatic carbocycles. The number of hydrogen-bond acceptors (Lipinski definition) is 0. The van der Waals surface area contributed by atoms with E-state index in [2.05, 4.69) is 38.1 Å². The Morgan fingerprint density at radius 3 is 1.85 bits per heavy atom. The van der Waals surface area contributed by atoms with Crippen molar-refractivity contribution in [1.82, 2.24) is 0 Å². The molecule has 1 heteroatoms. The standard InChI is InChI=1S/C19H29P/c1-15(2)18-13-7-8-14-19(18)20(16-9-3-4-10-16)17-11-5-6-12-17/h7-8,13-17H,3-6,9-12H2,1-2H3. The minimum atomic E-state index is 0.0887. The molecule has 20 heavy (non-hydrogen) atoms. The van der Waals surface area contributed by atoms with Gasteiger partial charge in [0.1, 0.15) is 0 Å². The summed E-state index contributed by atoms with van der Waals surface area (Å²) in [5, 5.41) is 1.77. The molecule has 0 aromatic heterocycles. The van der Waals surface area contributed by atoms with Gasteiger partial charge in [-0.3, -0.25) is 0 Å². The first-order chi connectivity index (χ1) is 9.77. The molecule has 0 heterocycles. The Morgan fingerprint density at radius 1 is 0.850 bits per heavy atom. The van der Waals surface area contributed by atoms with E-state index in [0.29, 0.717) is 5.92 Å². The lowest BCUT2D eigenvalue weighted by atomic mass is 10.0. The highest BCUT2D eigenvalue weighted by Gasteiger charge is 2.34. The van der Waals surface area contributed by atoms with Gasteiger partial charge in [0, 0.05) is 0 Å². The number of rotatable bonds is 4. The highest BCUT2D eigenvalue weighted by atomic mass is 31.1. The second-order valence-electron chi connectivity index (χ2n) is 7.00. The molecule has 2 fully saturated rings. The summed E-state index contributed by atoms with van der Waals surface area (Å²) < 4.78 is 0. The fraction of sp³-hybridized carbons (Fsp3) is 0.684. The molecule has 0 amide bonds. The lowest BCUT2D eigenvalue weighted by Crippen LogP contribution is -2.22. The monoisotopic (exact) mass is 288 g/mol. The maximum atomic E-state index is 2.48. The molecule has 1 aromatic rings. The summed E-state index contributed by atoms with van der Waals surface area (Å²) in [6, 6.07) is 9.42. The van der Waals surface area contributed by atoms with E-state index in [1.54, 1.807) is 10.9 Å². The van der Waals surface area contributed by atoms with Gasteiger partial charge in [0.05, 0.1) is 0 Å². The van der Waals surface area contributed by atoms with E-state index < -0.39 is 0 Å². The van der Waals surface area contributed by atoms with Crippen LogP contribution in [0, 0.1) is 0 Å². The third-order valence-electron chi connectivity index (χ3n) is 5.27. The second kappa shape index (κ2) is 6.61. The molecule has 110 valence electrons. The molecular weight excluding hydrogens is 259 g/mol. The van der Waals surface area contributed by atoms with Crippen LogP contribution in [0.5, 0.6) is 0 Å². The van der Waals surface area contributed by atoms with E-state index in [4.69, 9.17) is 0 Å². The van der Waals surface area contributed by atoms with Crippen molar-refractivity contribution in [1.29, 1.82) is 0 Å². The molecule has 0 atom stereocenters. The predicted molar refractivity (Wildman–Crippen MR) is 91.6 cm³/mol. The largest absolute Gasteiger partial charge is 0.0686 e. The zero-order chi connectivity index (χ0) is 13.9. The van der Waals surface area contributed by atoms with Crippen molar-refractivity contribution in [2.75, 3.05) is 0 Å². The maximum Gasteiger partial charge on any atom is -0.0166 e. The SMILES string of the molecule is CC(C)c1ccccc1P(C1CCCC1)C1CCCC1. The van der Waals surface area contributed by atoms with Gasteiger partial charge in [-0.2, -0.15) is 0 Å². The van der Waals surface area contributed by atoms with Crippen LogP contribution < -0.4 is 5.30 Å². The Kier molecular flexibility index (Phi) is 4.82. The van der Waals surface area contributed by atoms with Crippen LogP contribution in [0.2, 0.25) is 0 Å². The Morgan fingerprint density at radius 2 is 1.35 bits per heavy atom. The molecule has 0 saturated heterocycles. The van der Waals surface area contributed by atoms with Crippen molar-refractivity contribution in [3.63, 3.8) is 0 Å². The van der Waals surface area contributed by atoms with Gasteiger partial charge >= 0.3 is 0 Å². The van der Waals surface area contributed by atoms with Crippen molar-refractivity contribution in [2.45, 2.75) is 82.4 Å². The van der Waals surface area contributed by atoms with E-state index in [-0.39, 0.29) is 7.92 Å². The van der Waals surface area contributed by atoms with Crippen LogP contribution in [0.25, 0.3) is 0 Å². The van der Waals surface area contributed by atoms with Crippen LogP contribution >= 0.6 is 7.92 Å². The zero-order valence-electron chi connectivity index (χ0n) is 13.1. The molecule has 2 saturated carbocycles. The molecule has 2 aliphatic carbocycles. The third-order valence-corrected chi connectivity index (χ3v) is 8.84. The summed E-state index contributed by atoms with van der Waals surface area (Å²) in [5.74, 6) is 0.680. The van der Waals surface area contributed by atoms with Crippen molar-refractivity contribution in [3.8, 4) is 0 Å². The first-order valence-electron chi connectivity index (χ1n) is 8.64. The van der Waals surface area contributed by atoms with Crippen molar-refractivity contribution in [3.05, 3.63) is 29.8 Å². The third kappa shape index (κ3) is 2.96. The lowest BCUT2D eigenvalue weighted by Gasteiger charge is -2.33. The van der Waals surface area contributed by atoms with Crippen LogP contribution in [0.15, 0.2) is 24.3 Å². The maximum absolute atomic E-state index is 2.48. The quantitative estimate of drug-likeness (QED) is 0.614. The van der Waals surface area contributed by atoms with E-state index in [0.717, 1.165) is 11.3 Å². The molecule has 0 N–H and O–H groups in total. The van der Waals surface area contributed by atoms with Crippen LogP contribution in [0.4, 0.5) is 0 Å². The smallest absolute Gasteiger partial charge is 0.0166 e. The van der Waals surface area contributed by atoms with Gasteiger partial charge in [-0.25, -0.2) is 0 Å². The summed E-state index contributed by atoms with van der Waals surface area (Å²) >= 11 is 0. The highest BCUT2D eigenvalue weighted by molar-refractivity contribution is 7.67. The minimum Gasteiger partial charge on any atom is -0.0686 e. The summed E-state index contributed by atoms with van der Waals surface area (Å²) in [7, 11) is 0.0887. The minimum absolute atomic E-state index is 0.0887. The molecule has 0 radical (unpaired) electrons. The topological polar surface area (TPSA) is 0 Å². The zero-order valence-corrected chi connectivity index (χ0v) is 14.0. The Labute approximate surface area is 126 Å². The van der Waals surface area contributed by atoms with Crippen LogP contribution in [-0.2, 0) is 0 Å². The van der Waals surface area contributed by atoms with Gasteiger partial charge in [0.2, 0.25) is 0 Å². The predicted octanol–water partition coefficient (Wildman–Crippen LogP) is 5.80. The highest BCUT2D eigenvalue weighted by Crippen LogP contribution is 2.57. The normalized spacial score (nSPS) is 21.4. The van der Waals surface area contributed by atoms with Crippen LogP contribution in [0.1, 0.15) is 76.7 Å². The molecule has 2 aliphatic rings. The van der Waals surface area contributed by atoms with E-state index in [1.165, 1.54) is 51.4 Å². The second-order valence-corrected chi connectivity index (χ2v) is 9.75. The molecule has 0 nitrogen and oxygen atoms in total. The summed E-state index contributed by atoms with van der Waals surface area (Å²) in [6.45, 7) is 4.74.